The number of likely N-dealkylation sites (N-methyl/N-ethyl adjacent to an activating group) is 1. The second kappa shape index (κ2) is 8.82. The molecule has 1 fully saturated rings. The van der Waals surface area contributed by atoms with Gasteiger partial charge in [0.15, 0.2) is 0 Å². The van der Waals surface area contributed by atoms with E-state index in [1.165, 1.54) is 5.56 Å². The summed E-state index contributed by atoms with van der Waals surface area (Å²) in [4.78, 5) is 26.6. The third kappa shape index (κ3) is 6.03. The van der Waals surface area contributed by atoms with Crippen LogP contribution in [0.4, 0.5) is 4.79 Å². The summed E-state index contributed by atoms with van der Waals surface area (Å²) in [6.45, 7) is 6.48. The Balaban J connectivity index is 1.83. The van der Waals surface area contributed by atoms with E-state index in [0.717, 1.165) is 11.1 Å². The Morgan fingerprint density at radius 1 is 1.40 bits per heavy atom. The number of urea groups is 1. The molecule has 0 bridgehead atoms. The summed E-state index contributed by atoms with van der Waals surface area (Å²) in [6, 6.07) is 6.06. The summed E-state index contributed by atoms with van der Waals surface area (Å²) in [5, 5.41) is 11.8. The molecular weight excluding hydrogens is 322 g/mol. The number of carbonyl (C=O) groups is 2. The first-order valence-corrected chi connectivity index (χ1v) is 8.46. The number of carbonyl (C=O) groups excluding carboxylic acids is 1. The Bertz CT molecular complexity index is 620. The average Bonchev–Trinajstić information content (AvgIpc) is 2.53. The van der Waals surface area contributed by atoms with Gasteiger partial charge in [0.25, 0.3) is 0 Å². The first-order valence-electron chi connectivity index (χ1n) is 8.46. The van der Waals surface area contributed by atoms with Crippen LogP contribution in [0.5, 0.6) is 0 Å². The normalized spacial score (nSPS) is 17.6. The molecule has 1 unspecified atom stereocenters. The maximum Gasteiger partial charge on any atom is 0.317 e. The molecule has 1 aromatic carbocycles. The quantitative estimate of drug-likeness (QED) is 0.807. The molecule has 2 amide bonds. The molecule has 0 aliphatic carbocycles. The molecule has 25 heavy (non-hydrogen) atoms. The molecule has 2 rings (SSSR count). The number of hydrogen-bond donors (Lipinski definition) is 2. The number of hydrogen-bond acceptors (Lipinski definition) is 4. The third-order valence-corrected chi connectivity index (χ3v) is 4.27. The zero-order valence-electron chi connectivity index (χ0n) is 15.1. The van der Waals surface area contributed by atoms with Gasteiger partial charge in [0.2, 0.25) is 0 Å². The predicted octanol–water partition coefficient (Wildman–Crippen LogP) is 1.23. The summed E-state index contributed by atoms with van der Waals surface area (Å²) in [7, 11) is 1.73. The van der Waals surface area contributed by atoms with Gasteiger partial charge >= 0.3 is 12.0 Å². The largest absolute Gasteiger partial charge is 0.480 e. The van der Waals surface area contributed by atoms with Crippen LogP contribution in [0.2, 0.25) is 0 Å². The zero-order valence-corrected chi connectivity index (χ0v) is 15.1. The highest BCUT2D eigenvalue weighted by molar-refractivity contribution is 5.74. The van der Waals surface area contributed by atoms with E-state index < -0.39 is 5.97 Å². The van der Waals surface area contributed by atoms with Gasteiger partial charge in [-0.2, -0.15) is 0 Å². The average molecular weight is 349 g/mol. The van der Waals surface area contributed by atoms with E-state index in [-0.39, 0.29) is 18.7 Å². The van der Waals surface area contributed by atoms with Gasteiger partial charge in [0.05, 0.1) is 19.3 Å². The SMILES string of the molecule is Cc1ccc(CNC(=O)N2CCOC(CN(C)CC(=O)O)C2)c(C)c1. The minimum absolute atomic E-state index is 0.0429. The van der Waals surface area contributed by atoms with Crippen molar-refractivity contribution >= 4 is 12.0 Å². The predicted molar refractivity (Wildman–Crippen MR) is 94.6 cm³/mol. The van der Waals surface area contributed by atoms with Crippen LogP contribution in [0.1, 0.15) is 16.7 Å². The van der Waals surface area contributed by atoms with Crippen molar-refractivity contribution in [1.82, 2.24) is 15.1 Å². The van der Waals surface area contributed by atoms with Gasteiger partial charge in [-0.15, -0.1) is 0 Å². The van der Waals surface area contributed by atoms with Crippen LogP contribution >= 0.6 is 0 Å². The highest BCUT2D eigenvalue weighted by Gasteiger charge is 2.25. The van der Waals surface area contributed by atoms with Crippen molar-refractivity contribution in [1.29, 1.82) is 0 Å². The van der Waals surface area contributed by atoms with Crippen molar-refractivity contribution in [3.05, 3.63) is 34.9 Å². The minimum atomic E-state index is -0.874. The topological polar surface area (TPSA) is 82.1 Å². The van der Waals surface area contributed by atoms with Crippen molar-refractivity contribution in [3.8, 4) is 0 Å². The lowest BCUT2D eigenvalue weighted by molar-refractivity contribution is -0.138. The molecule has 0 radical (unpaired) electrons. The molecule has 1 atom stereocenters. The number of benzene rings is 1. The van der Waals surface area contributed by atoms with Gasteiger partial charge in [-0.1, -0.05) is 23.8 Å². The maximum atomic E-state index is 12.4. The van der Waals surface area contributed by atoms with Crippen molar-refractivity contribution in [2.24, 2.45) is 0 Å². The van der Waals surface area contributed by atoms with E-state index in [0.29, 0.717) is 32.8 Å². The number of nitrogens with zero attached hydrogens (tertiary/aromatic N) is 2. The van der Waals surface area contributed by atoms with Crippen LogP contribution in [0.25, 0.3) is 0 Å². The van der Waals surface area contributed by atoms with Gasteiger partial charge in [-0.3, -0.25) is 9.69 Å². The molecule has 1 aliphatic rings. The molecule has 2 N–H and O–H groups in total. The summed E-state index contributed by atoms with van der Waals surface area (Å²) in [5.41, 5.74) is 3.47. The molecule has 1 heterocycles. The summed E-state index contributed by atoms with van der Waals surface area (Å²) >= 11 is 0. The number of nitrogens with one attached hydrogen (secondary N) is 1. The lowest BCUT2D eigenvalue weighted by atomic mass is 10.1. The first-order chi connectivity index (χ1) is 11.8. The number of carboxylic acids is 1. The van der Waals surface area contributed by atoms with E-state index >= 15 is 0 Å². The number of amides is 2. The van der Waals surface area contributed by atoms with E-state index in [1.54, 1.807) is 16.8 Å². The van der Waals surface area contributed by atoms with Crippen LogP contribution < -0.4 is 5.32 Å². The Morgan fingerprint density at radius 2 is 2.16 bits per heavy atom. The molecular formula is C18H27N3O4. The summed E-state index contributed by atoms with van der Waals surface area (Å²) in [6.07, 6.45) is -0.176. The number of rotatable bonds is 6. The molecule has 1 aliphatic heterocycles. The van der Waals surface area contributed by atoms with Crippen molar-refractivity contribution in [2.45, 2.75) is 26.5 Å². The monoisotopic (exact) mass is 349 g/mol. The lowest BCUT2D eigenvalue weighted by Gasteiger charge is -2.34. The van der Waals surface area contributed by atoms with Crippen LogP contribution in [-0.4, -0.2) is 72.8 Å². The summed E-state index contributed by atoms with van der Waals surface area (Å²) in [5.74, 6) is -0.874. The van der Waals surface area contributed by atoms with Gasteiger partial charge in [-0.05, 0) is 32.0 Å². The Kier molecular flexibility index (Phi) is 6.78. The lowest BCUT2D eigenvalue weighted by Crippen LogP contribution is -2.52. The molecule has 1 saturated heterocycles. The van der Waals surface area contributed by atoms with Crippen LogP contribution in [-0.2, 0) is 16.1 Å². The standard InChI is InChI=1S/C18H27N3O4/c1-13-4-5-15(14(2)8-13)9-19-18(24)21-6-7-25-16(11-21)10-20(3)12-17(22)23/h4-5,8,16H,6-7,9-12H2,1-3H3,(H,19,24)(H,22,23). The smallest absolute Gasteiger partial charge is 0.317 e. The van der Waals surface area contributed by atoms with Gasteiger partial charge < -0.3 is 20.1 Å². The van der Waals surface area contributed by atoms with E-state index in [2.05, 4.69) is 11.4 Å². The van der Waals surface area contributed by atoms with Gasteiger partial charge in [-0.25, -0.2) is 4.79 Å². The molecule has 0 spiro atoms. The fraction of sp³-hybridized carbons (Fsp3) is 0.556. The van der Waals surface area contributed by atoms with E-state index in [9.17, 15) is 9.59 Å². The molecule has 0 saturated carbocycles. The molecule has 1 aromatic rings. The highest BCUT2D eigenvalue weighted by Crippen LogP contribution is 2.11. The molecule has 7 nitrogen and oxygen atoms in total. The number of morpholine rings is 1. The van der Waals surface area contributed by atoms with Gasteiger partial charge in [0.1, 0.15) is 0 Å². The number of aryl methyl sites for hydroxylation is 2. The highest BCUT2D eigenvalue weighted by atomic mass is 16.5. The second-order valence-corrected chi connectivity index (χ2v) is 6.62. The second-order valence-electron chi connectivity index (χ2n) is 6.62. The minimum Gasteiger partial charge on any atom is -0.480 e. The van der Waals surface area contributed by atoms with Crippen molar-refractivity contribution < 1.29 is 19.4 Å². The fourth-order valence-corrected chi connectivity index (χ4v) is 2.98. The first kappa shape index (κ1) is 19.2. The Labute approximate surface area is 148 Å². The number of carboxylic acid groups (broad SMARTS) is 1. The number of ether oxygens (including phenoxy) is 1. The Morgan fingerprint density at radius 3 is 2.84 bits per heavy atom. The third-order valence-electron chi connectivity index (χ3n) is 4.27. The van der Waals surface area contributed by atoms with E-state index in [4.69, 9.17) is 9.84 Å². The van der Waals surface area contributed by atoms with Crippen LogP contribution in [0.3, 0.4) is 0 Å². The van der Waals surface area contributed by atoms with Crippen molar-refractivity contribution in [3.63, 3.8) is 0 Å². The fourth-order valence-electron chi connectivity index (χ4n) is 2.98. The van der Waals surface area contributed by atoms with Crippen molar-refractivity contribution in [2.75, 3.05) is 39.8 Å². The summed E-state index contributed by atoms with van der Waals surface area (Å²) < 4.78 is 5.65. The van der Waals surface area contributed by atoms with Crippen LogP contribution in [0.15, 0.2) is 18.2 Å². The Hall–Kier alpha value is -2.12. The molecule has 0 aromatic heterocycles. The molecule has 7 heteroatoms. The van der Waals surface area contributed by atoms with E-state index in [1.807, 2.05) is 26.0 Å². The number of aliphatic carboxylic acids is 1. The molecule has 138 valence electrons. The maximum absolute atomic E-state index is 12.4. The van der Waals surface area contributed by atoms with Gasteiger partial charge in [0, 0.05) is 26.2 Å². The van der Waals surface area contributed by atoms with Crippen LogP contribution in [0, 0.1) is 13.8 Å². The zero-order chi connectivity index (χ0) is 18.4.